The van der Waals surface area contributed by atoms with Crippen molar-refractivity contribution < 1.29 is 4.74 Å². The van der Waals surface area contributed by atoms with Crippen molar-refractivity contribution in [3.8, 4) is 5.75 Å². The average Bonchev–Trinajstić information content (AvgIpc) is 3.05. The van der Waals surface area contributed by atoms with E-state index in [0.29, 0.717) is 6.04 Å². The molecule has 3 rings (SSSR count). The molecule has 19 heavy (non-hydrogen) atoms. The molecule has 2 saturated carbocycles. The van der Waals surface area contributed by atoms with E-state index >= 15 is 0 Å². The smallest absolute Gasteiger partial charge is 0.122 e. The molecule has 2 aliphatic carbocycles. The van der Waals surface area contributed by atoms with Crippen LogP contribution in [0.25, 0.3) is 0 Å². The number of ether oxygens (including phenoxy) is 1. The van der Waals surface area contributed by atoms with E-state index in [9.17, 15) is 0 Å². The van der Waals surface area contributed by atoms with Crippen molar-refractivity contribution in [1.29, 1.82) is 0 Å². The van der Waals surface area contributed by atoms with Gasteiger partial charge in [-0.3, -0.25) is 0 Å². The Kier molecular flexibility index (Phi) is 3.79. The molecule has 1 N–H and O–H groups in total. The number of rotatable bonds is 6. The molecule has 2 aliphatic rings. The second-order valence-electron chi connectivity index (χ2n) is 6.17. The summed E-state index contributed by atoms with van der Waals surface area (Å²) in [6.45, 7) is 3.27. The Balaban J connectivity index is 1.69. The minimum atomic E-state index is 0.620. The lowest BCUT2D eigenvalue weighted by atomic mass is 9.89. The fourth-order valence-corrected chi connectivity index (χ4v) is 3.87. The Morgan fingerprint density at radius 3 is 2.63 bits per heavy atom. The van der Waals surface area contributed by atoms with Gasteiger partial charge in [0.05, 0.1) is 7.11 Å². The summed E-state index contributed by atoms with van der Waals surface area (Å²) in [4.78, 5) is 0. The summed E-state index contributed by atoms with van der Waals surface area (Å²) < 4.78 is 5.49. The fraction of sp³-hybridized carbons (Fsp3) is 0.647. The van der Waals surface area contributed by atoms with E-state index in [0.717, 1.165) is 36.5 Å². The van der Waals surface area contributed by atoms with E-state index in [1.807, 2.05) is 0 Å². The molecule has 0 spiro atoms. The molecule has 0 amide bonds. The van der Waals surface area contributed by atoms with Crippen LogP contribution in [0.1, 0.15) is 31.7 Å². The summed E-state index contributed by atoms with van der Waals surface area (Å²) in [5, 5.41) is 3.71. The SMILES string of the molecule is CCNC(Cc1ccccc1OC)C1CC2CC2C1. The van der Waals surface area contributed by atoms with E-state index in [2.05, 4.69) is 36.5 Å². The maximum atomic E-state index is 5.49. The molecule has 0 radical (unpaired) electrons. The van der Waals surface area contributed by atoms with Gasteiger partial charge >= 0.3 is 0 Å². The Morgan fingerprint density at radius 1 is 1.21 bits per heavy atom. The molecule has 3 atom stereocenters. The predicted octanol–water partition coefficient (Wildman–Crippen LogP) is 3.26. The highest BCUT2D eigenvalue weighted by molar-refractivity contribution is 5.34. The quantitative estimate of drug-likeness (QED) is 0.846. The molecule has 0 heterocycles. The third-order valence-electron chi connectivity index (χ3n) is 4.95. The monoisotopic (exact) mass is 259 g/mol. The Hall–Kier alpha value is -1.02. The average molecular weight is 259 g/mol. The third kappa shape index (κ3) is 2.79. The molecular formula is C17H25NO. The van der Waals surface area contributed by atoms with Crippen molar-refractivity contribution in [2.45, 2.75) is 38.6 Å². The van der Waals surface area contributed by atoms with E-state index < -0.39 is 0 Å². The highest BCUT2D eigenvalue weighted by Crippen LogP contribution is 2.55. The largest absolute Gasteiger partial charge is 0.496 e. The van der Waals surface area contributed by atoms with Crippen molar-refractivity contribution in [2.24, 2.45) is 17.8 Å². The molecule has 1 aromatic rings. The topological polar surface area (TPSA) is 21.3 Å². The molecule has 0 bridgehead atoms. The molecule has 2 nitrogen and oxygen atoms in total. The van der Waals surface area contributed by atoms with Gasteiger partial charge in [0.2, 0.25) is 0 Å². The number of para-hydroxylation sites is 1. The lowest BCUT2D eigenvalue weighted by Crippen LogP contribution is -2.37. The first-order valence-electron chi connectivity index (χ1n) is 7.67. The number of fused-ring (bicyclic) bond motifs is 1. The van der Waals surface area contributed by atoms with Gasteiger partial charge in [-0.2, -0.15) is 0 Å². The fourth-order valence-electron chi connectivity index (χ4n) is 3.87. The minimum Gasteiger partial charge on any atom is -0.496 e. The van der Waals surface area contributed by atoms with Crippen LogP contribution in [0.5, 0.6) is 5.75 Å². The lowest BCUT2D eigenvalue weighted by molar-refractivity contribution is 0.331. The summed E-state index contributed by atoms with van der Waals surface area (Å²) in [5.41, 5.74) is 1.34. The van der Waals surface area contributed by atoms with Crippen LogP contribution < -0.4 is 10.1 Å². The lowest BCUT2D eigenvalue weighted by Gasteiger charge is -2.26. The normalized spacial score (nSPS) is 29.9. The van der Waals surface area contributed by atoms with Gasteiger partial charge in [0, 0.05) is 6.04 Å². The van der Waals surface area contributed by atoms with Gasteiger partial charge in [-0.1, -0.05) is 25.1 Å². The van der Waals surface area contributed by atoms with Crippen molar-refractivity contribution in [3.63, 3.8) is 0 Å². The Bertz CT molecular complexity index is 421. The second kappa shape index (κ2) is 5.54. The maximum absolute atomic E-state index is 5.49. The molecule has 1 aromatic carbocycles. The van der Waals surface area contributed by atoms with Crippen LogP contribution in [0.4, 0.5) is 0 Å². The zero-order chi connectivity index (χ0) is 13.2. The van der Waals surface area contributed by atoms with Crippen molar-refractivity contribution in [1.82, 2.24) is 5.32 Å². The Labute approximate surface area is 116 Å². The van der Waals surface area contributed by atoms with Gasteiger partial charge in [0.25, 0.3) is 0 Å². The zero-order valence-corrected chi connectivity index (χ0v) is 12.1. The molecule has 3 unspecified atom stereocenters. The molecule has 0 saturated heterocycles. The van der Waals surface area contributed by atoms with E-state index in [4.69, 9.17) is 4.74 Å². The number of methoxy groups -OCH3 is 1. The van der Waals surface area contributed by atoms with Gasteiger partial charge in [-0.25, -0.2) is 0 Å². The molecule has 2 heteroatoms. The number of hydrogen-bond donors (Lipinski definition) is 1. The first-order valence-corrected chi connectivity index (χ1v) is 7.67. The van der Waals surface area contributed by atoms with Crippen LogP contribution in [0.15, 0.2) is 24.3 Å². The summed E-state index contributed by atoms with van der Waals surface area (Å²) in [6.07, 6.45) is 5.49. The van der Waals surface area contributed by atoms with Gasteiger partial charge in [0.15, 0.2) is 0 Å². The predicted molar refractivity (Wildman–Crippen MR) is 78.5 cm³/mol. The standard InChI is InChI=1S/C17H25NO/c1-3-18-16(15-9-13-8-14(13)10-15)11-12-6-4-5-7-17(12)19-2/h4-7,13-16,18H,3,8-11H2,1-2H3. The van der Waals surface area contributed by atoms with Crippen molar-refractivity contribution >= 4 is 0 Å². The van der Waals surface area contributed by atoms with Crippen molar-refractivity contribution in [3.05, 3.63) is 29.8 Å². The first kappa shape index (κ1) is 13.0. The van der Waals surface area contributed by atoms with E-state index in [1.165, 1.54) is 24.8 Å². The summed E-state index contributed by atoms with van der Waals surface area (Å²) in [7, 11) is 1.77. The van der Waals surface area contributed by atoms with Crippen LogP contribution in [-0.2, 0) is 6.42 Å². The molecule has 104 valence electrons. The highest BCUT2D eigenvalue weighted by Gasteiger charge is 2.47. The third-order valence-corrected chi connectivity index (χ3v) is 4.95. The summed E-state index contributed by atoms with van der Waals surface area (Å²) in [5.74, 6) is 4.02. The number of likely N-dealkylation sites (N-methyl/N-ethyl adjacent to an activating group) is 1. The Morgan fingerprint density at radius 2 is 1.95 bits per heavy atom. The van der Waals surface area contributed by atoms with Gasteiger partial charge < -0.3 is 10.1 Å². The van der Waals surface area contributed by atoms with Gasteiger partial charge in [-0.15, -0.1) is 0 Å². The summed E-state index contributed by atoms with van der Waals surface area (Å²) in [6, 6.07) is 9.07. The summed E-state index contributed by atoms with van der Waals surface area (Å²) >= 11 is 0. The maximum Gasteiger partial charge on any atom is 0.122 e. The second-order valence-corrected chi connectivity index (χ2v) is 6.17. The molecule has 0 aromatic heterocycles. The van der Waals surface area contributed by atoms with Gasteiger partial charge in [0.1, 0.15) is 5.75 Å². The number of benzene rings is 1. The highest BCUT2D eigenvalue weighted by atomic mass is 16.5. The van der Waals surface area contributed by atoms with Crippen LogP contribution >= 0.6 is 0 Å². The van der Waals surface area contributed by atoms with Crippen molar-refractivity contribution in [2.75, 3.05) is 13.7 Å². The molecule has 2 fully saturated rings. The number of nitrogens with one attached hydrogen (secondary N) is 1. The van der Waals surface area contributed by atoms with Crippen LogP contribution in [0.3, 0.4) is 0 Å². The first-order chi connectivity index (χ1) is 9.31. The minimum absolute atomic E-state index is 0.620. The molecule has 0 aliphatic heterocycles. The van der Waals surface area contributed by atoms with Crippen LogP contribution in [0.2, 0.25) is 0 Å². The zero-order valence-electron chi connectivity index (χ0n) is 12.1. The number of hydrogen-bond acceptors (Lipinski definition) is 2. The van der Waals surface area contributed by atoms with E-state index in [-0.39, 0.29) is 0 Å². The van der Waals surface area contributed by atoms with E-state index in [1.54, 1.807) is 7.11 Å². The van der Waals surface area contributed by atoms with Crippen LogP contribution in [-0.4, -0.2) is 19.7 Å². The van der Waals surface area contributed by atoms with Gasteiger partial charge in [-0.05, 0) is 61.6 Å². The molecular weight excluding hydrogens is 234 g/mol. The van der Waals surface area contributed by atoms with Crippen LogP contribution in [0, 0.1) is 17.8 Å².